The molecule has 0 radical (unpaired) electrons. The van der Waals surface area contributed by atoms with Gasteiger partial charge >= 0.3 is 6.18 Å². The summed E-state index contributed by atoms with van der Waals surface area (Å²) in [6.07, 6.45) is -5.31. The van der Waals surface area contributed by atoms with Gasteiger partial charge in [0, 0.05) is 29.2 Å². The Morgan fingerprint density at radius 2 is 1.95 bits per heavy atom. The van der Waals surface area contributed by atoms with Crippen molar-refractivity contribution in [2.45, 2.75) is 26.4 Å². The topological polar surface area (TPSA) is 22.0 Å². The van der Waals surface area contributed by atoms with E-state index in [9.17, 15) is 18.0 Å². The highest BCUT2D eigenvalue weighted by Gasteiger charge is 2.30. The number of ketones is 1. The van der Waals surface area contributed by atoms with Crippen molar-refractivity contribution in [2.75, 3.05) is 0 Å². The Morgan fingerprint density at radius 1 is 1.32 bits per heavy atom. The molecule has 0 spiro atoms. The van der Waals surface area contributed by atoms with Crippen LogP contribution < -0.4 is 0 Å². The second kappa shape index (κ2) is 4.40. The molecule has 2 nitrogen and oxygen atoms in total. The third-order valence-corrected chi connectivity index (χ3v) is 3.35. The number of alkyl halides is 3. The minimum absolute atomic E-state index is 0.152. The van der Waals surface area contributed by atoms with Crippen LogP contribution in [-0.2, 0) is 13.5 Å². The van der Waals surface area contributed by atoms with Crippen LogP contribution in [0.25, 0.3) is 10.9 Å². The zero-order valence-corrected chi connectivity index (χ0v) is 10.9. The highest BCUT2D eigenvalue weighted by molar-refractivity contribution is 6.09. The summed E-state index contributed by atoms with van der Waals surface area (Å²) < 4.78 is 39.6. The van der Waals surface area contributed by atoms with E-state index >= 15 is 0 Å². The monoisotopic (exact) mass is 269 g/mol. The summed E-state index contributed by atoms with van der Waals surface area (Å²) >= 11 is 0. The number of carbonyl (C=O) groups is 1. The molecule has 0 bridgehead atoms. The van der Waals surface area contributed by atoms with E-state index in [1.54, 1.807) is 30.7 Å². The number of hydrogen-bond donors (Lipinski definition) is 0. The fourth-order valence-electron chi connectivity index (χ4n) is 2.48. The Balaban J connectivity index is 2.80. The Hall–Kier alpha value is -1.78. The van der Waals surface area contributed by atoms with Crippen molar-refractivity contribution < 1.29 is 18.0 Å². The van der Waals surface area contributed by atoms with Crippen molar-refractivity contribution in [1.29, 1.82) is 0 Å². The summed E-state index contributed by atoms with van der Waals surface area (Å²) in [6.45, 7) is 3.13. The molecule has 0 N–H and O–H groups in total. The lowest BCUT2D eigenvalue weighted by Crippen LogP contribution is -2.12. The Morgan fingerprint density at radius 3 is 2.47 bits per heavy atom. The molecule has 19 heavy (non-hydrogen) atoms. The second-order valence-electron chi connectivity index (χ2n) is 4.68. The number of nitrogens with zero attached hydrogens (tertiary/aromatic N) is 1. The van der Waals surface area contributed by atoms with Crippen LogP contribution in [0, 0.1) is 6.92 Å². The number of benzene rings is 1. The molecule has 0 saturated heterocycles. The first-order chi connectivity index (χ1) is 8.72. The highest BCUT2D eigenvalue weighted by atomic mass is 19.4. The molecule has 0 unspecified atom stereocenters. The van der Waals surface area contributed by atoms with Crippen LogP contribution in [0.3, 0.4) is 0 Å². The van der Waals surface area contributed by atoms with Crippen LogP contribution in [0.5, 0.6) is 0 Å². The molecule has 0 amide bonds. The van der Waals surface area contributed by atoms with Gasteiger partial charge in [-0.25, -0.2) is 0 Å². The molecule has 102 valence electrons. The summed E-state index contributed by atoms with van der Waals surface area (Å²) in [4.78, 5) is 11.7. The largest absolute Gasteiger partial charge is 0.393 e. The third-order valence-electron chi connectivity index (χ3n) is 3.35. The van der Waals surface area contributed by atoms with Crippen molar-refractivity contribution >= 4 is 16.7 Å². The third kappa shape index (κ3) is 2.37. The fraction of sp³-hybridized carbons (Fsp3) is 0.357. The molecule has 0 aliphatic heterocycles. The van der Waals surface area contributed by atoms with Crippen LogP contribution in [0.4, 0.5) is 13.2 Å². The van der Waals surface area contributed by atoms with E-state index in [2.05, 4.69) is 0 Å². The zero-order chi connectivity index (χ0) is 14.4. The maximum atomic E-state index is 12.6. The lowest BCUT2D eigenvalue weighted by atomic mass is 10.0. The summed E-state index contributed by atoms with van der Waals surface area (Å²) in [5, 5.41) is 0.423. The maximum Gasteiger partial charge on any atom is 0.393 e. The number of rotatable bonds is 2. The van der Waals surface area contributed by atoms with E-state index < -0.39 is 12.6 Å². The number of Topliss-reactive ketones (excluding diaryl/α,β-unsaturated/α-hetero) is 1. The molecule has 0 atom stereocenters. The van der Waals surface area contributed by atoms with Gasteiger partial charge in [-0.3, -0.25) is 4.79 Å². The molecule has 2 aromatic rings. The molecule has 2 rings (SSSR count). The summed E-state index contributed by atoms with van der Waals surface area (Å²) in [5.41, 5.74) is 1.89. The van der Waals surface area contributed by atoms with Crippen LogP contribution in [0.15, 0.2) is 18.2 Å². The van der Waals surface area contributed by atoms with Gasteiger partial charge < -0.3 is 4.57 Å². The van der Waals surface area contributed by atoms with Crippen LogP contribution in [-0.4, -0.2) is 16.5 Å². The number of aryl methyl sites for hydroxylation is 1. The molecule has 5 heteroatoms. The average molecular weight is 269 g/mol. The molecule has 0 fully saturated rings. The lowest BCUT2D eigenvalue weighted by Gasteiger charge is -2.08. The number of hydrogen-bond acceptors (Lipinski definition) is 1. The van der Waals surface area contributed by atoms with Crippen molar-refractivity contribution in [2.24, 2.45) is 7.05 Å². The average Bonchev–Trinajstić information content (AvgIpc) is 2.52. The highest BCUT2D eigenvalue weighted by Crippen LogP contribution is 2.32. The molecular formula is C14H14F3NO. The lowest BCUT2D eigenvalue weighted by molar-refractivity contribution is -0.127. The van der Waals surface area contributed by atoms with Crippen LogP contribution in [0.2, 0.25) is 0 Å². The van der Waals surface area contributed by atoms with E-state index in [1.807, 2.05) is 0 Å². The van der Waals surface area contributed by atoms with Gasteiger partial charge in [0.1, 0.15) is 0 Å². The minimum atomic E-state index is -4.29. The summed E-state index contributed by atoms with van der Waals surface area (Å²) in [5.74, 6) is -0.210. The number of carbonyl (C=O) groups excluding carboxylic acids is 1. The molecule has 1 heterocycles. The first-order valence-corrected chi connectivity index (χ1v) is 5.87. The van der Waals surface area contributed by atoms with E-state index in [1.165, 1.54) is 13.0 Å². The second-order valence-corrected chi connectivity index (χ2v) is 4.68. The van der Waals surface area contributed by atoms with Crippen molar-refractivity contribution in [3.63, 3.8) is 0 Å². The van der Waals surface area contributed by atoms with Gasteiger partial charge in [-0.1, -0.05) is 12.1 Å². The number of halogens is 3. The summed E-state index contributed by atoms with van der Waals surface area (Å²) in [6, 6.07) is 4.75. The van der Waals surface area contributed by atoms with Crippen LogP contribution in [0.1, 0.15) is 28.5 Å². The van der Waals surface area contributed by atoms with Crippen LogP contribution >= 0.6 is 0 Å². The number of fused-ring (bicyclic) bond motifs is 1. The van der Waals surface area contributed by atoms with E-state index in [0.29, 0.717) is 22.2 Å². The minimum Gasteiger partial charge on any atom is -0.347 e. The van der Waals surface area contributed by atoms with Gasteiger partial charge in [0.2, 0.25) is 0 Å². The van der Waals surface area contributed by atoms with Gasteiger partial charge in [0.05, 0.1) is 6.42 Å². The first kappa shape index (κ1) is 13.6. The smallest absolute Gasteiger partial charge is 0.347 e. The molecule has 0 aliphatic carbocycles. The SMILES string of the molecule is CC(=O)c1c(C)n(C)c2cccc(CC(F)(F)F)c12. The molecule has 1 aromatic carbocycles. The predicted molar refractivity (Wildman–Crippen MR) is 67.4 cm³/mol. The normalized spacial score (nSPS) is 12.1. The zero-order valence-electron chi connectivity index (χ0n) is 10.9. The Labute approximate surface area is 108 Å². The van der Waals surface area contributed by atoms with Crippen molar-refractivity contribution in [3.8, 4) is 0 Å². The quantitative estimate of drug-likeness (QED) is 0.760. The molecule has 1 aromatic heterocycles. The van der Waals surface area contributed by atoms with Crippen molar-refractivity contribution in [1.82, 2.24) is 4.57 Å². The standard InChI is InChI=1S/C14H14F3NO/c1-8-12(9(2)19)13-10(7-14(15,16)17)5-4-6-11(13)18(8)3/h4-6H,7H2,1-3H3. The first-order valence-electron chi connectivity index (χ1n) is 5.87. The Kier molecular flexibility index (Phi) is 3.16. The molecular weight excluding hydrogens is 255 g/mol. The van der Waals surface area contributed by atoms with E-state index in [0.717, 1.165) is 0 Å². The summed E-state index contributed by atoms with van der Waals surface area (Å²) in [7, 11) is 1.75. The van der Waals surface area contributed by atoms with Crippen molar-refractivity contribution in [3.05, 3.63) is 35.0 Å². The van der Waals surface area contributed by atoms with Gasteiger partial charge in [0.25, 0.3) is 0 Å². The predicted octanol–water partition coefficient (Wildman–Crippen LogP) is 3.79. The maximum absolute atomic E-state index is 12.6. The van der Waals surface area contributed by atoms with Gasteiger partial charge in [0.15, 0.2) is 5.78 Å². The molecule has 0 aliphatic rings. The molecule has 0 saturated carbocycles. The van der Waals surface area contributed by atoms with Gasteiger partial charge in [-0.2, -0.15) is 13.2 Å². The fourth-order valence-corrected chi connectivity index (χ4v) is 2.48. The van der Waals surface area contributed by atoms with Gasteiger partial charge in [-0.15, -0.1) is 0 Å². The van der Waals surface area contributed by atoms with Gasteiger partial charge in [-0.05, 0) is 25.5 Å². The van der Waals surface area contributed by atoms with E-state index in [4.69, 9.17) is 0 Å². The van der Waals surface area contributed by atoms with E-state index in [-0.39, 0.29) is 11.3 Å². The Bertz CT molecular complexity index is 653. The number of aromatic nitrogens is 1.